The summed E-state index contributed by atoms with van der Waals surface area (Å²) in [4.78, 5) is 12.5. The quantitative estimate of drug-likeness (QED) is 0.0420. The average Bonchev–Trinajstić information content (AvgIpc) is 3.39. The van der Waals surface area contributed by atoms with Crippen molar-refractivity contribution in [1.29, 1.82) is 0 Å². The maximum absolute atomic E-state index is 12.5. The van der Waals surface area contributed by atoms with E-state index in [1.165, 1.54) is 315 Å². The summed E-state index contributed by atoms with van der Waals surface area (Å²) in [7, 11) is 0. The van der Waals surface area contributed by atoms with Crippen LogP contribution in [0.4, 0.5) is 0 Å². The second-order valence-electron chi connectivity index (χ2n) is 22.9. The van der Waals surface area contributed by atoms with Gasteiger partial charge in [0, 0.05) is 6.42 Å². The van der Waals surface area contributed by atoms with Crippen LogP contribution in [0.5, 0.6) is 0 Å². The van der Waals surface area contributed by atoms with Crippen LogP contribution in [-0.4, -0.2) is 34.9 Å². The van der Waals surface area contributed by atoms with Crippen molar-refractivity contribution in [1.82, 2.24) is 5.32 Å². The van der Waals surface area contributed by atoms with Crippen LogP contribution in [0.15, 0.2) is 36.5 Å². The average molecular weight is 1010 g/mol. The molecule has 0 bridgehead atoms. The van der Waals surface area contributed by atoms with Crippen LogP contribution in [0.1, 0.15) is 373 Å². The largest absolute Gasteiger partial charge is 0.394 e. The molecule has 2 unspecified atom stereocenters. The van der Waals surface area contributed by atoms with E-state index in [2.05, 4.69) is 43.5 Å². The molecule has 4 nitrogen and oxygen atoms in total. The highest BCUT2D eigenvalue weighted by atomic mass is 16.3. The number of aliphatic hydroxyl groups is 2. The zero-order valence-electron chi connectivity index (χ0n) is 49.2. The molecule has 0 fully saturated rings. The van der Waals surface area contributed by atoms with Crippen molar-refractivity contribution in [3.05, 3.63) is 36.5 Å². The highest BCUT2D eigenvalue weighted by molar-refractivity contribution is 5.76. The van der Waals surface area contributed by atoms with Gasteiger partial charge in [0.2, 0.25) is 5.91 Å². The van der Waals surface area contributed by atoms with Crippen molar-refractivity contribution in [2.24, 2.45) is 0 Å². The van der Waals surface area contributed by atoms with E-state index < -0.39 is 12.1 Å². The van der Waals surface area contributed by atoms with Gasteiger partial charge in [-0.2, -0.15) is 0 Å². The van der Waals surface area contributed by atoms with Gasteiger partial charge >= 0.3 is 0 Å². The maximum atomic E-state index is 12.5. The first kappa shape index (κ1) is 70.6. The van der Waals surface area contributed by atoms with Crippen LogP contribution < -0.4 is 5.32 Å². The van der Waals surface area contributed by atoms with Crippen LogP contribution in [0.3, 0.4) is 0 Å². The zero-order chi connectivity index (χ0) is 52.0. The molecule has 0 aromatic carbocycles. The highest BCUT2D eigenvalue weighted by Crippen LogP contribution is 2.19. The van der Waals surface area contributed by atoms with Gasteiger partial charge in [-0.3, -0.25) is 4.79 Å². The third-order valence-electron chi connectivity index (χ3n) is 15.6. The van der Waals surface area contributed by atoms with E-state index in [0.29, 0.717) is 6.42 Å². The molecule has 0 rings (SSSR count). The number of aliphatic hydroxyl groups excluding tert-OH is 2. The Balaban J connectivity index is 3.47. The van der Waals surface area contributed by atoms with Gasteiger partial charge in [0.15, 0.2) is 0 Å². The summed E-state index contributed by atoms with van der Waals surface area (Å²) in [5.74, 6) is -0.0699. The van der Waals surface area contributed by atoms with E-state index in [1.807, 2.05) is 6.08 Å². The summed E-state index contributed by atoms with van der Waals surface area (Å²) in [6, 6.07) is -0.645. The summed E-state index contributed by atoms with van der Waals surface area (Å²) >= 11 is 0. The van der Waals surface area contributed by atoms with Crippen molar-refractivity contribution >= 4 is 5.91 Å². The molecule has 2 atom stereocenters. The number of carbonyl (C=O) groups excluding carboxylic acids is 1. The molecule has 72 heavy (non-hydrogen) atoms. The number of rotatable bonds is 62. The highest BCUT2D eigenvalue weighted by Gasteiger charge is 2.18. The summed E-state index contributed by atoms with van der Waals surface area (Å²) in [6.07, 6.45) is 88.0. The fourth-order valence-electron chi connectivity index (χ4n) is 10.6. The predicted molar refractivity (Wildman–Crippen MR) is 322 cm³/mol. The molecule has 426 valence electrons. The van der Waals surface area contributed by atoms with Gasteiger partial charge in [-0.1, -0.05) is 359 Å². The van der Waals surface area contributed by atoms with Gasteiger partial charge in [-0.25, -0.2) is 0 Å². The molecule has 0 saturated carbocycles. The topological polar surface area (TPSA) is 69.6 Å². The van der Waals surface area contributed by atoms with E-state index in [1.54, 1.807) is 6.08 Å². The number of nitrogens with one attached hydrogen (secondary N) is 1. The van der Waals surface area contributed by atoms with E-state index in [0.717, 1.165) is 38.5 Å². The minimum absolute atomic E-state index is 0.0699. The Morgan fingerprint density at radius 2 is 0.542 bits per heavy atom. The van der Waals surface area contributed by atoms with E-state index in [-0.39, 0.29) is 12.5 Å². The van der Waals surface area contributed by atoms with Crippen LogP contribution in [-0.2, 0) is 4.79 Å². The molecule has 0 aliphatic rings. The standard InChI is InChI=1S/C68H131NO3/c1-3-5-7-9-11-13-15-17-19-21-23-25-27-29-31-33-34-36-38-40-42-44-46-48-50-52-54-56-58-60-62-64-68(72)69-66(65-70)67(71)63-61-59-57-55-53-51-49-47-45-43-41-39-37-35-32-30-28-26-24-22-20-18-16-14-12-10-8-6-4-2/h45,47,53,55,61,63,66-67,70-71H,3-44,46,48-52,54,56-60,62,64-65H2,1-2H3,(H,69,72)/b47-45+,55-53+,63-61+. The molecule has 0 radical (unpaired) electrons. The Hall–Kier alpha value is -1.39. The molecule has 0 spiro atoms. The Bertz CT molecular complexity index is 1100. The lowest BCUT2D eigenvalue weighted by atomic mass is 10.0. The minimum atomic E-state index is -0.870. The molecule has 0 heterocycles. The van der Waals surface area contributed by atoms with Crippen molar-refractivity contribution in [2.75, 3.05) is 6.61 Å². The number of amides is 1. The third kappa shape index (κ3) is 59.5. The van der Waals surface area contributed by atoms with Gasteiger partial charge in [-0.15, -0.1) is 0 Å². The number of carbonyl (C=O) groups is 1. The van der Waals surface area contributed by atoms with Crippen molar-refractivity contribution in [3.63, 3.8) is 0 Å². The van der Waals surface area contributed by atoms with Crippen molar-refractivity contribution in [3.8, 4) is 0 Å². The summed E-state index contributed by atoms with van der Waals surface area (Å²) in [6.45, 7) is 4.34. The fraction of sp³-hybridized carbons (Fsp3) is 0.897. The van der Waals surface area contributed by atoms with Crippen molar-refractivity contribution in [2.45, 2.75) is 386 Å². The fourth-order valence-corrected chi connectivity index (χ4v) is 10.6. The lowest BCUT2D eigenvalue weighted by Crippen LogP contribution is -2.45. The molecule has 3 N–H and O–H groups in total. The molecule has 1 amide bonds. The Labute approximate surface area is 452 Å². The van der Waals surface area contributed by atoms with Gasteiger partial charge < -0.3 is 15.5 Å². The lowest BCUT2D eigenvalue weighted by molar-refractivity contribution is -0.123. The number of hydrogen-bond acceptors (Lipinski definition) is 3. The Kier molecular flexibility index (Phi) is 62.7. The minimum Gasteiger partial charge on any atom is -0.394 e. The van der Waals surface area contributed by atoms with Crippen LogP contribution in [0.2, 0.25) is 0 Å². The van der Waals surface area contributed by atoms with Gasteiger partial charge in [0.1, 0.15) is 0 Å². The first-order chi connectivity index (χ1) is 35.7. The first-order valence-corrected chi connectivity index (χ1v) is 33.2. The second-order valence-corrected chi connectivity index (χ2v) is 22.9. The molecule has 0 aliphatic heterocycles. The maximum Gasteiger partial charge on any atom is 0.220 e. The summed E-state index contributed by atoms with van der Waals surface area (Å²) in [5, 5.41) is 23.2. The molecular weight excluding hydrogens is 879 g/mol. The normalized spacial score (nSPS) is 12.9. The number of unbranched alkanes of at least 4 members (excludes halogenated alkanes) is 51. The van der Waals surface area contributed by atoms with Gasteiger partial charge in [0.25, 0.3) is 0 Å². The Morgan fingerprint density at radius 1 is 0.319 bits per heavy atom. The van der Waals surface area contributed by atoms with Gasteiger partial charge in [-0.05, 0) is 44.9 Å². The van der Waals surface area contributed by atoms with Crippen LogP contribution in [0, 0.1) is 0 Å². The van der Waals surface area contributed by atoms with Crippen LogP contribution >= 0.6 is 0 Å². The third-order valence-corrected chi connectivity index (χ3v) is 15.6. The number of allylic oxidation sites excluding steroid dienone is 5. The smallest absolute Gasteiger partial charge is 0.220 e. The van der Waals surface area contributed by atoms with Crippen LogP contribution in [0.25, 0.3) is 0 Å². The molecule has 0 aliphatic carbocycles. The predicted octanol–water partition coefficient (Wildman–Crippen LogP) is 22.4. The van der Waals surface area contributed by atoms with E-state index in [4.69, 9.17) is 0 Å². The molecule has 0 aromatic rings. The second kappa shape index (κ2) is 63.9. The lowest BCUT2D eigenvalue weighted by Gasteiger charge is -2.19. The van der Waals surface area contributed by atoms with Gasteiger partial charge in [0.05, 0.1) is 18.8 Å². The molecular formula is C68H131NO3. The van der Waals surface area contributed by atoms with Crippen molar-refractivity contribution < 1.29 is 15.0 Å². The molecule has 0 saturated heterocycles. The Morgan fingerprint density at radius 3 is 0.806 bits per heavy atom. The SMILES string of the molecule is CCCCCCCCCCCCCCCCCCCCC/C=C/CC/C=C/CC/C=C/C(O)C(CO)NC(=O)CCCCCCCCCCCCCCCCCCCCCCCCCCCCCCCCC. The molecule has 0 aromatic heterocycles. The number of hydrogen-bond donors (Lipinski definition) is 3. The van der Waals surface area contributed by atoms with E-state index >= 15 is 0 Å². The molecule has 4 heteroatoms. The van der Waals surface area contributed by atoms with E-state index in [9.17, 15) is 15.0 Å². The first-order valence-electron chi connectivity index (χ1n) is 33.2. The zero-order valence-corrected chi connectivity index (χ0v) is 49.2. The summed E-state index contributed by atoms with van der Waals surface area (Å²) < 4.78 is 0. The monoisotopic (exact) mass is 1010 g/mol. The summed E-state index contributed by atoms with van der Waals surface area (Å²) in [5.41, 5.74) is 0.